The van der Waals surface area contributed by atoms with Gasteiger partial charge in [0.05, 0.1) is 0 Å². The molecule has 2 unspecified atom stereocenters. The summed E-state index contributed by atoms with van der Waals surface area (Å²) in [7, 11) is 4.72. The average molecular weight is 180 g/mol. The number of hydrogen-bond donors (Lipinski definition) is 0. The zero-order valence-corrected chi connectivity index (χ0v) is 8.77. The van der Waals surface area contributed by atoms with Gasteiger partial charge in [0.1, 0.15) is 0 Å². The van der Waals surface area contributed by atoms with Crippen molar-refractivity contribution in [3.8, 4) is 0 Å². The molecule has 1 aliphatic heterocycles. The average Bonchev–Trinajstić information content (AvgIpc) is 2.27. The van der Waals surface area contributed by atoms with E-state index in [-0.39, 0.29) is 0 Å². The lowest BCUT2D eigenvalue weighted by Crippen LogP contribution is -2.26. The van der Waals surface area contributed by atoms with E-state index >= 15 is 0 Å². The SMILES string of the molecule is CC=C1[B]C2C=CC=CC2[B]C1=CC. The van der Waals surface area contributed by atoms with Crippen LogP contribution in [0.15, 0.2) is 47.4 Å². The molecule has 0 aromatic carbocycles. The van der Waals surface area contributed by atoms with E-state index in [2.05, 4.69) is 64.9 Å². The molecular weight excluding hydrogens is 166 g/mol. The molecule has 1 aliphatic carbocycles. The quantitative estimate of drug-likeness (QED) is 0.502. The summed E-state index contributed by atoms with van der Waals surface area (Å²) >= 11 is 0. The lowest BCUT2D eigenvalue weighted by molar-refractivity contribution is 0.988. The van der Waals surface area contributed by atoms with Gasteiger partial charge in [-0.05, 0) is 25.5 Å². The molecule has 0 nitrogen and oxygen atoms in total. The Kier molecular flexibility index (Phi) is 2.81. The Morgan fingerprint density at radius 1 is 0.929 bits per heavy atom. The molecule has 1 saturated heterocycles. The third-order valence-electron chi connectivity index (χ3n) is 2.92. The molecule has 0 N–H and O–H groups in total. The van der Waals surface area contributed by atoms with Gasteiger partial charge in [0.2, 0.25) is 0 Å². The van der Waals surface area contributed by atoms with Crippen molar-refractivity contribution in [2.45, 2.75) is 25.5 Å². The van der Waals surface area contributed by atoms with E-state index in [1.165, 1.54) is 10.9 Å². The van der Waals surface area contributed by atoms with Crippen LogP contribution in [0.4, 0.5) is 0 Å². The molecule has 2 rings (SSSR count). The fraction of sp³-hybridized carbons (Fsp3) is 0.333. The summed E-state index contributed by atoms with van der Waals surface area (Å²) < 4.78 is 0. The standard InChI is InChI=1S/C12H14B2/c1-3-9-10(4-2)14-12-8-6-5-7-11(12)13-9/h3-8,11-12H,1-2H3. The summed E-state index contributed by atoms with van der Waals surface area (Å²) in [5.41, 5.74) is 2.74. The molecule has 2 atom stereocenters. The van der Waals surface area contributed by atoms with Gasteiger partial charge in [-0.15, -0.1) is 0 Å². The Morgan fingerprint density at radius 2 is 1.36 bits per heavy atom. The Morgan fingerprint density at radius 3 is 1.71 bits per heavy atom. The Bertz CT molecular complexity index is 300. The molecule has 2 radical (unpaired) electrons. The Hall–Kier alpha value is -0.910. The smallest absolute Gasteiger partial charge is 0.0977 e. The zero-order chi connectivity index (χ0) is 9.97. The lowest BCUT2D eigenvalue weighted by Gasteiger charge is -2.31. The van der Waals surface area contributed by atoms with Gasteiger partial charge in [-0.1, -0.05) is 47.4 Å². The van der Waals surface area contributed by atoms with Crippen molar-refractivity contribution in [1.29, 1.82) is 0 Å². The molecule has 68 valence electrons. The van der Waals surface area contributed by atoms with Gasteiger partial charge >= 0.3 is 0 Å². The third kappa shape index (κ3) is 1.66. The second-order valence-electron chi connectivity index (χ2n) is 3.75. The van der Waals surface area contributed by atoms with Crippen LogP contribution in [-0.2, 0) is 0 Å². The van der Waals surface area contributed by atoms with Crippen LogP contribution in [0.5, 0.6) is 0 Å². The first-order valence-electron chi connectivity index (χ1n) is 5.23. The van der Waals surface area contributed by atoms with E-state index in [9.17, 15) is 0 Å². The monoisotopic (exact) mass is 180 g/mol. The van der Waals surface area contributed by atoms with Gasteiger partial charge < -0.3 is 0 Å². The number of hydrogen-bond acceptors (Lipinski definition) is 0. The van der Waals surface area contributed by atoms with Crippen LogP contribution in [0.1, 0.15) is 13.8 Å². The fourth-order valence-electron chi connectivity index (χ4n) is 2.11. The minimum Gasteiger partial charge on any atom is -0.0977 e. The molecule has 0 spiro atoms. The highest BCUT2D eigenvalue weighted by Crippen LogP contribution is 2.38. The normalized spacial score (nSPS) is 35.3. The van der Waals surface area contributed by atoms with Crippen molar-refractivity contribution >= 4 is 14.6 Å². The largest absolute Gasteiger partial charge is 0.158 e. The highest BCUT2D eigenvalue weighted by molar-refractivity contribution is 6.65. The number of fused-ring (bicyclic) bond motifs is 1. The second kappa shape index (κ2) is 4.08. The summed E-state index contributed by atoms with van der Waals surface area (Å²) in [6.45, 7) is 4.21. The first-order valence-corrected chi connectivity index (χ1v) is 5.23. The predicted molar refractivity (Wildman–Crippen MR) is 64.8 cm³/mol. The van der Waals surface area contributed by atoms with Gasteiger partial charge in [-0.3, -0.25) is 0 Å². The van der Waals surface area contributed by atoms with Gasteiger partial charge in [-0.25, -0.2) is 0 Å². The van der Waals surface area contributed by atoms with Crippen molar-refractivity contribution in [2.24, 2.45) is 0 Å². The molecule has 0 aromatic rings. The van der Waals surface area contributed by atoms with E-state index in [4.69, 9.17) is 0 Å². The molecular formula is C12H14B2. The minimum atomic E-state index is 0.565. The van der Waals surface area contributed by atoms with Crippen LogP contribution >= 0.6 is 0 Å². The number of rotatable bonds is 0. The first kappa shape index (κ1) is 9.64. The summed E-state index contributed by atoms with van der Waals surface area (Å²) in [4.78, 5) is 0. The minimum absolute atomic E-state index is 0.565. The predicted octanol–water partition coefficient (Wildman–Crippen LogP) is 2.92. The summed E-state index contributed by atoms with van der Waals surface area (Å²) in [6, 6.07) is 0. The van der Waals surface area contributed by atoms with Crippen LogP contribution in [-0.4, -0.2) is 14.6 Å². The Balaban J connectivity index is 2.23. The van der Waals surface area contributed by atoms with E-state index in [0.29, 0.717) is 11.6 Å². The van der Waals surface area contributed by atoms with Gasteiger partial charge in [0.25, 0.3) is 0 Å². The van der Waals surface area contributed by atoms with Gasteiger partial charge in [0.15, 0.2) is 14.6 Å². The summed E-state index contributed by atoms with van der Waals surface area (Å²) in [6.07, 6.45) is 13.2. The van der Waals surface area contributed by atoms with Crippen LogP contribution in [0, 0.1) is 0 Å². The molecule has 0 bridgehead atoms. The maximum Gasteiger partial charge on any atom is 0.158 e. The molecule has 0 amide bonds. The summed E-state index contributed by atoms with van der Waals surface area (Å²) in [5.74, 6) is 1.13. The zero-order valence-electron chi connectivity index (χ0n) is 8.77. The maximum absolute atomic E-state index is 2.36. The van der Waals surface area contributed by atoms with E-state index in [1.54, 1.807) is 0 Å². The lowest BCUT2D eigenvalue weighted by atomic mass is 9.33. The van der Waals surface area contributed by atoms with Crippen LogP contribution in [0.25, 0.3) is 0 Å². The summed E-state index contributed by atoms with van der Waals surface area (Å²) in [5, 5.41) is 0. The van der Waals surface area contributed by atoms with Crippen LogP contribution < -0.4 is 0 Å². The third-order valence-corrected chi connectivity index (χ3v) is 2.92. The fourth-order valence-corrected chi connectivity index (χ4v) is 2.11. The van der Waals surface area contributed by atoms with E-state index in [0.717, 1.165) is 0 Å². The molecule has 2 aliphatic rings. The topological polar surface area (TPSA) is 0 Å². The van der Waals surface area contributed by atoms with Gasteiger partial charge in [-0.2, -0.15) is 0 Å². The molecule has 0 saturated carbocycles. The van der Waals surface area contributed by atoms with Crippen LogP contribution in [0.3, 0.4) is 0 Å². The van der Waals surface area contributed by atoms with Crippen molar-refractivity contribution in [2.75, 3.05) is 0 Å². The van der Waals surface area contributed by atoms with E-state index < -0.39 is 0 Å². The molecule has 14 heavy (non-hydrogen) atoms. The Labute approximate surface area is 88.0 Å². The maximum atomic E-state index is 2.36. The molecule has 2 heteroatoms. The van der Waals surface area contributed by atoms with Crippen LogP contribution in [0.2, 0.25) is 11.6 Å². The molecule has 0 aromatic heterocycles. The highest BCUT2D eigenvalue weighted by Gasteiger charge is 2.28. The molecule has 1 fully saturated rings. The number of allylic oxidation sites excluding steroid dienone is 8. The highest BCUT2D eigenvalue weighted by atomic mass is 14.1. The van der Waals surface area contributed by atoms with Crippen molar-refractivity contribution in [1.82, 2.24) is 0 Å². The van der Waals surface area contributed by atoms with Crippen molar-refractivity contribution in [3.05, 3.63) is 47.4 Å². The van der Waals surface area contributed by atoms with E-state index in [1.807, 2.05) is 0 Å². The molecule has 1 heterocycles. The van der Waals surface area contributed by atoms with Crippen molar-refractivity contribution < 1.29 is 0 Å². The van der Waals surface area contributed by atoms with Gasteiger partial charge in [0, 0.05) is 0 Å². The first-order chi connectivity index (χ1) is 6.85. The second-order valence-corrected chi connectivity index (χ2v) is 3.75. The van der Waals surface area contributed by atoms with Crippen molar-refractivity contribution in [3.63, 3.8) is 0 Å².